The summed E-state index contributed by atoms with van der Waals surface area (Å²) in [5.74, 6) is 3.02. The molecule has 3 heterocycles. The third-order valence-corrected chi connectivity index (χ3v) is 4.79. The zero-order valence-electron chi connectivity index (χ0n) is 15.1. The Balaban J connectivity index is 1.45. The molecule has 1 N–H and O–H groups in total. The smallest absolute Gasteiger partial charge is 0.232 e. The molecule has 2 aromatic carbocycles. The average Bonchev–Trinajstić information content (AvgIpc) is 3.12. The van der Waals surface area contributed by atoms with Crippen LogP contribution in [0.2, 0.25) is 0 Å². The monoisotopic (exact) mass is 360 g/mol. The summed E-state index contributed by atoms with van der Waals surface area (Å²) in [6, 6.07) is 16.2. The topological polar surface area (TPSA) is 59.5 Å². The molecule has 0 unspecified atom stereocenters. The molecule has 6 nitrogen and oxygen atoms in total. The first kappa shape index (κ1) is 15.9. The van der Waals surface area contributed by atoms with Gasteiger partial charge in [-0.1, -0.05) is 18.2 Å². The molecule has 6 heteroatoms. The zero-order chi connectivity index (χ0) is 18.2. The van der Waals surface area contributed by atoms with Gasteiger partial charge in [-0.2, -0.15) is 4.98 Å². The first-order chi connectivity index (χ1) is 13.3. The Morgan fingerprint density at radius 1 is 0.963 bits per heavy atom. The van der Waals surface area contributed by atoms with Gasteiger partial charge in [-0.3, -0.25) is 0 Å². The van der Waals surface area contributed by atoms with Crippen LogP contribution in [0.15, 0.2) is 48.5 Å². The van der Waals surface area contributed by atoms with E-state index in [0.29, 0.717) is 13.2 Å². The van der Waals surface area contributed by atoms with Crippen molar-refractivity contribution in [2.75, 3.05) is 30.0 Å². The lowest BCUT2D eigenvalue weighted by Gasteiger charge is -2.20. The number of nitrogens with zero attached hydrogens (tertiary/aromatic N) is 3. The van der Waals surface area contributed by atoms with Crippen molar-refractivity contribution in [3.8, 4) is 11.5 Å². The second kappa shape index (κ2) is 6.46. The number of hydrogen-bond donors (Lipinski definition) is 1. The molecule has 0 radical (unpaired) electrons. The lowest BCUT2D eigenvalue weighted by atomic mass is 10.2. The van der Waals surface area contributed by atoms with Crippen LogP contribution in [0.3, 0.4) is 0 Å². The summed E-state index contributed by atoms with van der Waals surface area (Å²) in [6.07, 6.45) is 1.01. The van der Waals surface area contributed by atoms with Crippen molar-refractivity contribution in [3.05, 3.63) is 59.8 Å². The predicted molar refractivity (Wildman–Crippen MR) is 105 cm³/mol. The van der Waals surface area contributed by atoms with Gasteiger partial charge in [0.15, 0.2) is 11.5 Å². The fraction of sp³-hybridized carbons (Fsp3) is 0.238. The van der Waals surface area contributed by atoms with Crippen molar-refractivity contribution in [2.45, 2.75) is 13.3 Å². The molecular formula is C21H20N4O2. The van der Waals surface area contributed by atoms with Crippen LogP contribution in [-0.4, -0.2) is 29.7 Å². The first-order valence-corrected chi connectivity index (χ1v) is 9.14. The lowest BCUT2D eigenvalue weighted by molar-refractivity contribution is 0.171. The van der Waals surface area contributed by atoms with Gasteiger partial charge in [-0.25, -0.2) is 4.98 Å². The molecule has 0 fully saturated rings. The normalized spacial score (nSPS) is 14.8. The predicted octanol–water partition coefficient (Wildman–Crippen LogP) is 3.99. The highest BCUT2D eigenvalue weighted by molar-refractivity contribution is 5.68. The number of aromatic nitrogens is 2. The molecule has 0 saturated carbocycles. The van der Waals surface area contributed by atoms with Crippen LogP contribution in [0.25, 0.3) is 0 Å². The maximum absolute atomic E-state index is 5.66. The van der Waals surface area contributed by atoms with Crippen LogP contribution in [0.4, 0.5) is 23.1 Å². The molecule has 0 aliphatic carbocycles. The Labute approximate surface area is 157 Å². The van der Waals surface area contributed by atoms with E-state index < -0.39 is 0 Å². The van der Waals surface area contributed by atoms with Crippen molar-refractivity contribution < 1.29 is 9.47 Å². The third-order valence-electron chi connectivity index (χ3n) is 4.79. The number of benzene rings is 2. The number of nitrogens with one attached hydrogen (secondary N) is 1. The molecule has 27 heavy (non-hydrogen) atoms. The summed E-state index contributed by atoms with van der Waals surface area (Å²) in [5, 5.41) is 3.37. The van der Waals surface area contributed by atoms with Gasteiger partial charge in [-0.05, 0) is 37.1 Å². The van der Waals surface area contributed by atoms with Gasteiger partial charge in [-0.15, -0.1) is 0 Å². The average molecular weight is 360 g/mol. The summed E-state index contributed by atoms with van der Waals surface area (Å²) >= 11 is 0. The van der Waals surface area contributed by atoms with E-state index in [0.717, 1.165) is 47.6 Å². The van der Waals surface area contributed by atoms with Crippen LogP contribution >= 0.6 is 0 Å². The summed E-state index contributed by atoms with van der Waals surface area (Å²) in [4.78, 5) is 11.6. The standard InChI is InChI=1S/C21H20N4O2/c1-14-12-20(23-16-6-7-18-19(13-16)27-11-10-26-18)24-21(22-14)25-9-8-15-4-2-3-5-17(15)25/h2-7,12-13H,8-11H2,1H3,(H,22,23,24). The molecule has 0 saturated heterocycles. The van der Waals surface area contributed by atoms with Crippen LogP contribution in [0, 0.1) is 6.92 Å². The maximum atomic E-state index is 5.66. The summed E-state index contributed by atoms with van der Waals surface area (Å²) in [6.45, 7) is 4.04. The summed E-state index contributed by atoms with van der Waals surface area (Å²) < 4.78 is 11.2. The summed E-state index contributed by atoms with van der Waals surface area (Å²) in [5.41, 5.74) is 4.35. The largest absolute Gasteiger partial charge is 0.486 e. The van der Waals surface area contributed by atoms with E-state index in [9.17, 15) is 0 Å². The van der Waals surface area contributed by atoms with E-state index in [1.165, 1.54) is 11.3 Å². The number of fused-ring (bicyclic) bond motifs is 2. The van der Waals surface area contributed by atoms with Crippen molar-refractivity contribution in [3.63, 3.8) is 0 Å². The van der Waals surface area contributed by atoms with Crippen molar-refractivity contribution in [1.29, 1.82) is 0 Å². The Kier molecular flexibility index (Phi) is 3.81. The minimum Gasteiger partial charge on any atom is -0.486 e. The van der Waals surface area contributed by atoms with Gasteiger partial charge in [0.05, 0.1) is 0 Å². The van der Waals surface area contributed by atoms with Crippen LogP contribution in [-0.2, 0) is 6.42 Å². The van der Waals surface area contributed by atoms with Gasteiger partial charge in [0, 0.05) is 35.7 Å². The van der Waals surface area contributed by atoms with Crippen LogP contribution < -0.4 is 19.7 Å². The van der Waals surface area contributed by atoms with E-state index in [-0.39, 0.29) is 0 Å². The number of anilines is 4. The number of rotatable bonds is 3. The summed E-state index contributed by atoms with van der Waals surface area (Å²) in [7, 11) is 0. The van der Waals surface area contributed by atoms with Crippen LogP contribution in [0.1, 0.15) is 11.3 Å². The number of aryl methyl sites for hydroxylation is 1. The van der Waals surface area contributed by atoms with E-state index in [1.54, 1.807) is 0 Å². The van der Waals surface area contributed by atoms with Gasteiger partial charge in [0.2, 0.25) is 5.95 Å². The fourth-order valence-electron chi connectivity index (χ4n) is 3.55. The molecule has 2 aliphatic rings. The van der Waals surface area contributed by atoms with Crippen molar-refractivity contribution in [1.82, 2.24) is 9.97 Å². The van der Waals surface area contributed by atoms with Gasteiger partial charge in [0.25, 0.3) is 0 Å². The molecule has 5 rings (SSSR count). The van der Waals surface area contributed by atoms with E-state index in [1.807, 2.05) is 31.2 Å². The second-order valence-electron chi connectivity index (χ2n) is 6.71. The van der Waals surface area contributed by atoms with Crippen LogP contribution in [0.5, 0.6) is 11.5 Å². The van der Waals surface area contributed by atoms with E-state index >= 15 is 0 Å². The minimum absolute atomic E-state index is 0.571. The Morgan fingerprint density at radius 3 is 2.74 bits per heavy atom. The second-order valence-corrected chi connectivity index (χ2v) is 6.71. The Bertz CT molecular complexity index is 1010. The SMILES string of the molecule is Cc1cc(Nc2ccc3c(c2)OCCO3)nc(N2CCc3ccccc32)n1. The van der Waals surface area contributed by atoms with Gasteiger partial charge >= 0.3 is 0 Å². The highest BCUT2D eigenvalue weighted by atomic mass is 16.6. The first-order valence-electron chi connectivity index (χ1n) is 9.14. The van der Waals surface area contributed by atoms with E-state index in [2.05, 4.69) is 39.5 Å². The highest BCUT2D eigenvalue weighted by Gasteiger charge is 2.22. The quantitative estimate of drug-likeness (QED) is 0.762. The maximum Gasteiger partial charge on any atom is 0.232 e. The zero-order valence-corrected chi connectivity index (χ0v) is 15.1. The molecule has 136 valence electrons. The third kappa shape index (κ3) is 3.03. The lowest BCUT2D eigenvalue weighted by Crippen LogP contribution is -2.17. The van der Waals surface area contributed by atoms with E-state index in [4.69, 9.17) is 14.5 Å². The minimum atomic E-state index is 0.571. The molecular weight excluding hydrogens is 340 g/mol. The van der Waals surface area contributed by atoms with Gasteiger partial charge < -0.3 is 19.7 Å². The fourth-order valence-corrected chi connectivity index (χ4v) is 3.55. The molecule has 0 amide bonds. The molecule has 1 aromatic heterocycles. The molecule has 0 atom stereocenters. The van der Waals surface area contributed by atoms with Crippen molar-refractivity contribution >= 4 is 23.1 Å². The van der Waals surface area contributed by atoms with Crippen molar-refractivity contribution in [2.24, 2.45) is 0 Å². The number of para-hydroxylation sites is 1. The van der Waals surface area contributed by atoms with Gasteiger partial charge in [0.1, 0.15) is 19.0 Å². The molecule has 0 bridgehead atoms. The molecule has 2 aliphatic heterocycles. The Hall–Kier alpha value is -3.28. The Morgan fingerprint density at radius 2 is 1.81 bits per heavy atom. The highest BCUT2D eigenvalue weighted by Crippen LogP contribution is 2.35. The molecule has 3 aromatic rings. The molecule has 0 spiro atoms. The number of hydrogen-bond acceptors (Lipinski definition) is 6. The number of ether oxygens (including phenoxy) is 2.